The van der Waals surface area contributed by atoms with Crippen molar-refractivity contribution in [3.8, 4) is 17.0 Å². The van der Waals surface area contributed by atoms with Gasteiger partial charge < -0.3 is 19.1 Å². The minimum Gasteiger partial charge on any atom is -0.493 e. The molecule has 212 valence electrons. The first-order chi connectivity index (χ1) is 19.3. The van der Waals surface area contributed by atoms with Gasteiger partial charge in [-0.15, -0.1) is 0 Å². The van der Waals surface area contributed by atoms with Crippen LogP contribution >= 0.6 is 23.2 Å². The first-order valence-electron chi connectivity index (χ1n) is 13.9. The number of ether oxygens (including phenoxy) is 1. The van der Waals surface area contributed by atoms with E-state index in [0.29, 0.717) is 64.5 Å². The summed E-state index contributed by atoms with van der Waals surface area (Å²) in [6.07, 6.45) is 5.07. The number of nitrogens with zero attached hydrogens (tertiary/aromatic N) is 3. The van der Waals surface area contributed by atoms with Gasteiger partial charge in [0.05, 0.1) is 11.6 Å². The highest BCUT2D eigenvalue weighted by molar-refractivity contribution is 6.33. The van der Waals surface area contributed by atoms with Gasteiger partial charge in [0.2, 0.25) is 5.91 Å². The number of benzene rings is 2. The van der Waals surface area contributed by atoms with Crippen LogP contribution in [0.3, 0.4) is 0 Å². The lowest BCUT2D eigenvalue weighted by Gasteiger charge is -2.43. The highest BCUT2D eigenvalue weighted by Crippen LogP contribution is 2.38. The second kappa shape index (κ2) is 12.2. The molecule has 5 rings (SSSR count). The average molecular weight is 585 g/mol. The molecule has 0 saturated carbocycles. The summed E-state index contributed by atoms with van der Waals surface area (Å²) < 4.78 is 11.8. The number of rotatable bonds is 7. The third-order valence-corrected chi connectivity index (χ3v) is 8.82. The number of hydrogen-bond donors (Lipinski definition) is 0. The first kappa shape index (κ1) is 28.5. The molecular weight excluding hydrogens is 549 g/mol. The van der Waals surface area contributed by atoms with Crippen molar-refractivity contribution in [2.45, 2.75) is 52.4 Å². The van der Waals surface area contributed by atoms with E-state index >= 15 is 0 Å². The second-order valence-corrected chi connectivity index (χ2v) is 11.9. The fourth-order valence-corrected chi connectivity index (χ4v) is 6.18. The lowest BCUT2D eigenvalue weighted by molar-refractivity contribution is -0.136. The monoisotopic (exact) mass is 583 g/mol. The molecule has 1 atom stereocenters. The van der Waals surface area contributed by atoms with E-state index in [2.05, 4.69) is 5.16 Å². The molecule has 40 heavy (non-hydrogen) atoms. The van der Waals surface area contributed by atoms with E-state index in [-0.39, 0.29) is 11.8 Å². The highest BCUT2D eigenvalue weighted by atomic mass is 35.5. The minimum atomic E-state index is -0.536. The topological polar surface area (TPSA) is 75.9 Å². The Morgan fingerprint density at radius 2 is 1.73 bits per heavy atom. The van der Waals surface area contributed by atoms with Crippen molar-refractivity contribution < 1.29 is 18.8 Å². The molecule has 0 bridgehead atoms. The van der Waals surface area contributed by atoms with Crippen LogP contribution in [0, 0.1) is 19.3 Å². The van der Waals surface area contributed by atoms with Crippen LogP contribution in [0.2, 0.25) is 10.0 Å². The van der Waals surface area contributed by atoms with Crippen LogP contribution in [0.25, 0.3) is 11.3 Å². The van der Waals surface area contributed by atoms with E-state index in [9.17, 15) is 9.59 Å². The van der Waals surface area contributed by atoms with Crippen molar-refractivity contribution in [1.29, 1.82) is 0 Å². The Labute approximate surface area is 245 Å². The van der Waals surface area contributed by atoms with Crippen molar-refractivity contribution in [1.82, 2.24) is 15.0 Å². The molecule has 3 aromatic rings. The van der Waals surface area contributed by atoms with Gasteiger partial charge in [0, 0.05) is 48.6 Å². The molecule has 2 aromatic carbocycles. The fraction of sp³-hybridized carbons (Fsp3) is 0.452. The zero-order valence-electron chi connectivity index (χ0n) is 23.1. The Bertz CT molecular complexity index is 1380. The number of carbonyl (C=O) groups is 2. The highest BCUT2D eigenvalue weighted by Gasteiger charge is 2.42. The van der Waals surface area contributed by atoms with Crippen molar-refractivity contribution >= 4 is 35.0 Å². The molecule has 0 aliphatic carbocycles. The molecule has 3 heterocycles. The van der Waals surface area contributed by atoms with Crippen molar-refractivity contribution in [2.24, 2.45) is 5.41 Å². The third kappa shape index (κ3) is 6.16. The van der Waals surface area contributed by atoms with Crippen LogP contribution in [0.1, 0.15) is 60.2 Å². The van der Waals surface area contributed by atoms with Crippen LogP contribution < -0.4 is 4.74 Å². The van der Waals surface area contributed by atoms with E-state index in [4.69, 9.17) is 32.5 Å². The number of hydrogen-bond acceptors (Lipinski definition) is 5. The number of carbonyl (C=O) groups excluding carboxylic acids is 2. The summed E-state index contributed by atoms with van der Waals surface area (Å²) in [6.45, 7) is 6.53. The molecule has 2 fully saturated rings. The van der Waals surface area contributed by atoms with Gasteiger partial charge in [0.25, 0.3) is 5.91 Å². The van der Waals surface area contributed by atoms with Gasteiger partial charge in [-0.2, -0.15) is 0 Å². The summed E-state index contributed by atoms with van der Waals surface area (Å²) in [5.41, 5.74) is 1.87. The lowest BCUT2D eigenvalue weighted by Crippen LogP contribution is -2.51. The van der Waals surface area contributed by atoms with Gasteiger partial charge in [-0.05, 0) is 75.8 Å². The Hall–Kier alpha value is -3.03. The van der Waals surface area contributed by atoms with Gasteiger partial charge in [0.1, 0.15) is 22.8 Å². The quantitative estimate of drug-likeness (QED) is 0.300. The number of aryl methyl sites for hydroxylation is 2. The molecular formula is C31H35Cl2N3O4. The van der Waals surface area contributed by atoms with E-state index in [0.717, 1.165) is 50.8 Å². The van der Waals surface area contributed by atoms with Crippen LogP contribution in [0.5, 0.6) is 5.75 Å². The Kier molecular flexibility index (Phi) is 8.71. The predicted octanol–water partition coefficient (Wildman–Crippen LogP) is 6.97. The number of amides is 2. The second-order valence-electron chi connectivity index (χ2n) is 11.1. The number of halogens is 2. The van der Waals surface area contributed by atoms with Crippen LogP contribution in [-0.4, -0.2) is 59.6 Å². The Balaban J connectivity index is 1.42. The van der Waals surface area contributed by atoms with Gasteiger partial charge >= 0.3 is 0 Å². The zero-order chi connectivity index (χ0) is 28.3. The average Bonchev–Trinajstić information content (AvgIpc) is 3.35. The molecule has 2 aliphatic rings. The van der Waals surface area contributed by atoms with Gasteiger partial charge in [-0.1, -0.05) is 46.6 Å². The molecule has 0 radical (unpaired) electrons. The minimum absolute atomic E-state index is 0.128. The molecule has 2 amide bonds. The maximum Gasteiger partial charge on any atom is 0.259 e. The first-order valence-corrected chi connectivity index (χ1v) is 14.7. The number of likely N-dealkylation sites (tertiary alicyclic amines) is 2. The standard InChI is InChI=1S/C31H35Cl2N3O4/c1-21-17-23(11-12-25(21)32)39-20-31(18-27(37)35-14-6-3-7-15-35)13-8-16-36(19-31)30(38)28-22(2)40-34-29(28)24-9-4-5-10-26(24)33/h4-5,9-12,17H,3,6-8,13-16,18-20H2,1-2H3/t31-/m0/s1. The van der Waals surface area contributed by atoms with Crippen molar-refractivity contribution in [3.63, 3.8) is 0 Å². The SMILES string of the molecule is Cc1cc(OC[C@]2(CC(=O)N3CCCCC3)CCCN(C(=O)c3c(-c4ccccc4Cl)noc3C)C2)ccc1Cl. The summed E-state index contributed by atoms with van der Waals surface area (Å²) in [6, 6.07) is 12.9. The summed E-state index contributed by atoms with van der Waals surface area (Å²) in [5, 5.41) is 5.37. The number of piperidine rings is 2. The molecule has 2 aliphatic heterocycles. The van der Waals surface area contributed by atoms with Gasteiger partial charge in [-0.3, -0.25) is 9.59 Å². The van der Waals surface area contributed by atoms with E-state index < -0.39 is 5.41 Å². The van der Waals surface area contributed by atoms with E-state index in [1.165, 1.54) is 0 Å². The van der Waals surface area contributed by atoms with E-state index in [1.54, 1.807) is 13.0 Å². The summed E-state index contributed by atoms with van der Waals surface area (Å²) in [4.78, 5) is 31.4. The smallest absolute Gasteiger partial charge is 0.259 e. The molecule has 0 unspecified atom stereocenters. The predicted molar refractivity (Wildman–Crippen MR) is 156 cm³/mol. The largest absolute Gasteiger partial charge is 0.493 e. The van der Waals surface area contributed by atoms with Gasteiger partial charge in [0.15, 0.2) is 0 Å². The Morgan fingerprint density at radius 1 is 0.975 bits per heavy atom. The number of aromatic nitrogens is 1. The third-order valence-electron chi connectivity index (χ3n) is 8.06. The molecule has 1 aromatic heterocycles. The normalized spacial score (nSPS) is 19.5. The maximum absolute atomic E-state index is 14.1. The fourth-order valence-electron chi connectivity index (χ4n) is 5.83. The molecule has 2 saturated heterocycles. The van der Waals surface area contributed by atoms with Crippen LogP contribution in [0.15, 0.2) is 47.0 Å². The van der Waals surface area contributed by atoms with Crippen LogP contribution in [0.4, 0.5) is 0 Å². The summed E-state index contributed by atoms with van der Waals surface area (Å²) in [7, 11) is 0. The molecule has 0 N–H and O–H groups in total. The molecule has 9 heteroatoms. The van der Waals surface area contributed by atoms with Gasteiger partial charge in [-0.25, -0.2) is 0 Å². The maximum atomic E-state index is 14.1. The summed E-state index contributed by atoms with van der Waals surface area (Å²) >= 11 is 12.7. The lowest BCUT2D eigenvalue weighted by atomic mass is 9.77. The van der Waals surface area contributed by atoms with E-state index in [1.807, 2.05) is 53.1 Å². The molecule has 0 spiro atoms. The molecule has 7 nitrogen and oxygen atoms in total. The van der Waals surface area contributed by atoms with Crippen molar-refractivity contribution in [3.05, 3.63) is 69.4 Å². The van der Waals surface area contributed by atoms with Crippen LogP contribution in [-0.2, 0) is 4.79 Å². The zero-order valence-corrected chi connectivity index (χ0v) is 24.6. The summed E-state index contributed by atoms with van der Waals surface area (Å²) in [5.74, 6) is 1.09. The Morgan fingerprint density at radius 3 is 2.48 bits per heavy atom. The van der Waals surface area contributed by atoms with Crippen molar-refractivity contribution in [2.75, 3.05) is 32.8 Å².